The van der Waals surface area contributed by atoms with Crippen LogP contribution in [0.2, 0.25) is 0 Å². The number of fused-ring (bicyclic) bond motifs is 1. The van der Waals surface area contributed by atoms with E-state index in [1.807, 2.05) is 19.9 Å². The first-order chi connectivity index (χ1) is 8.08. The smallest absolute Gasteiger partial charge is 0.102 e. The van der Waals surface area contributed by atoms with Crippen molar-refractivity contribution < 1.29 is 9.84 Å². The Morgan fingerprint density at radius 2 is 2.18 bits per heavy atom. The minimum Gasteiger partial charge on any atom is -0.386 e. The molecule has 17 heavy (non-hydrogen) atoms. The van der Waals surface area contributed by atoms with Crippen molar-refractivity contribution in [2.24, 2.45) is 0 Å². The summed E-state index contributed by atoms with van der Waals surface area (Å²) in [7, 11) is 2.10. The maximum absolute atomic E-state index is 10.0. The molecule has 1 heterocycles. The molecule has 3 nitrogen and oxygen atoms in total. The molecule has 1 unspecified atom stereocenters. The number of aliphatic hydroxyl groups is 1. The molecule has 0 aliphatic carbocycles. The molecule has 94 valence electrons. The van der Waals surface area contributed by atoms with E-state index in [0.717, 1.165) is 18.5 Å². The topological polar surface area (TPSA) is 32.7 Å². The molecule has 0 radical (unpaired) electrons. The molecule has 1 aliphatic rings. The van der Waals surface area contributed by atoms with E-state index >= 15 is 0 Å². The Morgan fingerprint density at radius 3 is 2.88 bits per heavy atom. The van der Waals surface area contributed by atoms with Gasteiger partial charge in [-0.15, -0.1) is 0 Å². The zero-order chi connectivity index (χ0) is 12.4. The highest BCUT2D eigenvalue weighted by atomic mass is 16.5. The standard InChI is InChI=1S/C14H21NO2/c1-10(2)17-9-14(16)12-4-5-13-11(8-12)6-7-15(13)3/h4-5,8,10,14,16H,6-7,9H2,1-3H3. The fourth-order valence-electron chi connectivity index (χ4n) is 2.17. The average Bonchev–Trinajstić information content (AvgIpc) is 2.67. The van der Waals surface area contributed by atoms with Gasteiger partial charge in [0.05, 0.1) is 12.7 Å². The van der Waals surface area contributed by atoms with Gasteiger partial charge in [0.15, 0.2) is 0 Å². The molecule has 0 saturated carbocycles. The van der Waals surface area contributed by atoms with Gasteiger partial charge in [-0.2, -0.15) is 0 Å². The van der Waals surface area contributed by atoms with Crippen LogP contribution in [-0.2, 0) is 11.2 Å². The van der Waals surface area contributed by atoms with Gasteiger partial charge in [-0.25, -0.2) is 0 Å². The number of hydrogen-bond donors (Lipinski definition) is 1. The summed E-state index contributed by atoms with van der Waals surface area (Å²) < 4.78 is 5.44. The zero-order valence-electron chi connectivity index (χ0n) is 10.8. The third-order valence-electron chi connectivity index (χ3n) is 3.20. The number of nitrogens with zero attached hydrogens (tertiary/aromatic N) is 1. The summed E-state index contributed by atoms with van der Waals surface area (Å²) in [6, 6.07) is 6.19. The lowest BCUT2D eigenvalue weighted by atomic mass is 10.0. The van der Waals surface area contributed by atoms with Crippen LogP contribution < -0.4 is 4.90 Å². The molecule has 1 N–H and O–H groups in total. The Morgan fingerprint density at radius 1 is 1.41 bits per heavy atom. The van der Waals surface area contributed by atoms with Gasteiger partial charge in [0.25, 0.3) is 0 Å². The van der Waals surface area contributed by atoms with Crippen molar-refractivity contribution in [3.05, 3.63) is 29.3 Å². The van der Waals surface area contributed by atoms with Crippen molar-refractivity contribution in [3.8, 4) is 0 Å². The maximum atomic E-state index is 10.0. The number of likely N-dealkylation sites (N-methyl/N-ethyl adjacent to an activating group) is 1. The van der Waals surface area contributed by atoms with Crippen LogP contribution >= 0.6 is 0 Å². The third kappa shape index (κ3) is 2.79. The van der Waals surface area contributed by atoms with E-state index in [1.165, 1.54) is 11.3 Å². The molecule has 0 aromatic heterocycles. The van der Waals surface area contributed by atoms with Gasteiger partial charge < -0.3 is 14.7 Å². The number of hydrogen-bond acceptors (Lipinski definition) is 3. The second-order valence-electron chi connectivity index (χ2n) is 4.96. The number of anilines is 1. The van der Waals surface area contributed by atoms with Gasteiger partial charge in [-0.3, -0.25) is 0 Å². The summed E-state index contributed by atoms with van der Waals surface area (Å²) in [4.78, 5) is 2.25. The van der Waals surface area contributed by atoms with Gasteiger partial charge in [0.1, 0.15) is 6.10 Å². The number of ether oxygens (including phenoxy) is 1. The number of aliphatic hydroxyl groups excluding tert-OH is 1. The fourth-order valence-corrected chi connectivity index (χ4v) is 2.17. The van der Waals surface area contributed by atoms with E-state index in [9.17, 15) is 5.11 Å². The monoisotopic (exact) mass is 235 g/mol. The van der Waals surface area contributed by atoms with Gasteiger partial charge >= 0.3 is 0 Å². The van der Waals surface area contributed by atoms with E-state index in [4.69, 9.17) is 4.74 Å². The molecule has 1 aromatic carbocycles. The molecular formula is C14H21NO2. The molecule has 0 fully saturated rings. The fraction of sp³-hybridized carbons (Fsp3) is 0.571. The number of benzene rings is 1. The molecule has 0 amide bonds. The first-order valence-electron chi connectivity index (χ1n) is 6.21. The molecule has 0 bridgehead atoms. The van der Waals surface area contributed by atoms with Crippen LogP contribution in [0.4, 0.5) is 5.69 Å². The van der Waals surface area contributed by atoms with Crippen LogP contribution in [0.15, 0.2) is 18.2 Å². The van der Waals surface area contributed by atoms with E-state index in [2.05, 4.69) is 24.1 Å². The molecular weight excluding hydrogens is 214 g/mol. The summed E-state index contributed by atoms with van der Waals surface area (Å²) in [6.45, 7) is 5.39. The van der Waals surface area contributed by atoms with E-state index in [0.29, 0.717) is 6.61 Å². The highest BCUT2D eigenvalue weighted by Gasteiger charge is 2.17. The molecule has 3 heteroatoms. The number of rotatable bonds is 4. The quantitative estimate of drug-likeness (QED) is 0.868. The van der Waals surface area contributed by atoms with E-state index < -0.39 is 6.10 Å². The Balaban J connectivity index is 2.07. The summed E-state index contributed by atoms with van der Waals surface area (Å²) in [5.74, 6) is 0. The summed E-state index contributed by atoms with van der Waals surface area (Å²) >= 11 is 0. The summed E-state index contributed by atoms with van der Waals surface area (Å²) in [5, 5.41) is 10.0. The second-order valence-corrected chi connectivity index (χ2v) is 4.96. The van der Waals surface area contributed by atoms with Crippen LogP contribution in [0.1, 0.15) is 31.1 Å². The average molecular weight is 235 g/mol. The van der Waals surface area contributed by atoms with Crippen molar-refractivity contribution in [1.29, 1.82) is 0 Å². The van der Waals surface area contributed by atoms with Crippen LogP contribution in [-0.4, -0.2) is 31.4 Å². The van der Waals surface area contributed by atoms with Gasteiger partial charge in [-0.1, -0.05) is 12.1 Å². The molecule has 1 aromatic rings. The first kappa shape index (κ1) is 12.4. The van der Waals surface area contributed by atoms with E-state index in [1.54, 1.807) is 0 Å². The lowest BCUT2D eigenvalue weighted by molar-refractivity contribution is 0.00492. The maximum Gasteiger partial charge on any atom is 0.102 e. The van der Waals surface area contributed by atoms with Crippen LogP contribution in [0, 0.1) is 0 Å². The van der Waals surface area contributed by atoms with Crippen molar-refractivity contribution in [2.45, 2.75) is 32.5 Å². The molecule has 1 aliphatic heterocycles. The first-order valence-corrected chi connectivity index (χ1v) is 6.21. The van der Waals surface area contributed by atoms with Crippen molar-refractivity contribution in [2.75, 3.05) is 25.1 Å². The summed E-state index contributed by atoms with van der Waals surface area (Å²) in [5.41, 5.74) is 3.57. The normalized spacial score (nSPS) is 16.4. The van der Waals surface area contributed by atoms with Crippen LogP contribution in [0.25, 0.3) is 0 Å². The van der Waals surface area contributed by atoms with Crippen molar-refractivity contribution in [3.63, 3.8) is 0 Å². The second kappa shape index (κ2) is 5.07. The minimum absolute atomic E-state index is 0.158. The summed E-state index contributed by atoms with van der Waals surface area (Å²) in [6.07, 6.45) is 0.705. The third-order valence-corrected chi connectivity index (χ3v) is 3.20. The Labute approximate surface area is 103 Å². The SMILES string of the molecule is CC(C)OCC(O)c1ccc2c(c1)CCN2C. The Kier molecular flexibility index (Phi) is 3.69. The highest BCUT2D eigenvalue weighted by Crippen LogP contribution is 2.29. The lowest BCUT2D eigenvalue weighted by Crippen LogP contribution is -2.13. The lowest BCUT2D eigenvalue weighted by Gasteiger charge is -2.16. The predicted molar refractivity (Wildman–Crippen MR) is 69.5 cm³/mol. The largest absolute Gasteiger partial charge is 0.386 e. The predicted octanol–water partition coefficient (Wildman–Crippen LogP) is 2.14. The molecule has 0 spiro atoms. The van der Waals surface area contributed by atoms with Crippen molar-refractivity contribution in [1.82, 2.24) is 0 Å². The Hall–Kier alpha value is -1.06. The Bertz CT molecular complexity index is 390. The van der Waals surface area contributed by atoms with Gasteiger partial charge in [-0.05, 0) is 37.5 Å². The van der Waals surface area contributed by atoms with Gasteiger partial charge in [0, 0.05) is 19.3 Å². The van der Waals surface area contributed by atoms with Crippen LogP contribution in [0.3, 0.4) is 0 Å². The van der Waals surface area contributed by atoms with Crippen LogP contribution in [0.5, 0.6) is 0 Å². The highest BCUT2D eigenvalue weighted by molar-refractivity contribution is 5.58. The zero-order valence-corrected chi connectivity index (χ0v) is 10.8. The molecule has 2 rings (SSSR count). The van der Waals surface area contributed by atoms with E-state index in [-0.39, 0.29) is 6.10 Å². The minimum atomic E-state index is -0.520. The van der Waals surface area contributed by atoms with Crippen molar-refractivity contribution >= 4 is 5.69 Å². The molecule has 1 atom stereocenters. The molecule has 0 saturated heterocycles. The van der Waals surface area contributed by atoms with Gasteiger partial charge in [0.2, 0.25) is 0 Å².